The Labute approximate surface area is 215 Å². The van der Waals surface area contributed by atoms with Crippen LogP contribution in [0.1, 0.15) is 47.0 Å². The second-order valence-electron chi connectivity index (χ2n) is 9.19. The summed E-state index contributed by atoms with van der Waals surface area (Å²) in [6.45, 7) is 5.64. The summed E-state index contributed by atoms with van der Waals surface area (Å²) in [7, 11) is 0. The number of ether oxygens (including phenoxy) is 1. The lowest BCUT2D eigenvalue weighted by Crippen LogP contribution is -2.45. The van der Waals surface area contributed by atoms with Crippen LogP contribution < -0.4 is 10.4 Å². The number of carbonyl (C=O) groups excluding carboxylic acids is 1. The number of anilines is 1. The zero-order valence-corrected chi connectivity index (χ0v) is 20.7. The summed E-state index contributed by atoms with van der Waals surface area (Å²) in [5.41, 5.74) is 5.86. The van der Waals surface area contributed by atoms with Gasteiger partial charge in [-0.1, -0.05) is 36.4 Å². The molecule has 2 aromatic carbocycles. The predicted octanol–water partition coefficient (Wildman–Crippen LogP) is 4.57. The summed E-state index contributed by atoms with van der Waals surface area (Å²) in [5, 5.41) is 10.1. The Morgan fingerprint density at radius 1 is 1.03 bits per heavy atom. The molecule has 1 saturated heterocycles. The fourth-order valence-electron chi connectivity index (χ4n) is 4.53. The molecule has 0 aliphatic carbocycles. The molecule has 37 heavy (non-hydrogen) atoms. The molecule has 8 nitrogen and oxygen atoms in total. The lowest BCUT2D eigenvalue weighted by atomic mass is 10.0. The van der Waals surface area contributed by atoms with E-state index in [0.29, 0.717) is 11.1 Å². The number of fused-ring (bicyclic) bond motifs is 1. The van der Waals surface area contributed by atoms with Crippen LogP contribution in [0.4, 0.5) is 5.82 Å². The molecule has 0 saturated carbocycles. The van der Waals surface area contributed by atoms with Gasteiger partial charge in [0.1, 0.15) is 11.9 Å². The first kappa shape index (κ1) is 24.4. The Bertz CT molecular complexity index is 1420. The van der Waals surface area contributed by atoms with E-state index in [0.717, 1.165) is 40.9 Å². The summed E-state index contributed by atoms with van der Waals surface area (Å²) < 4.78 is 5.83. The van der Waals surface area contributed by atoms with Crippen LogP contribution in [0.2, 0.25) is 0 Å². The van der Waals surface area contributed by atoms with Crippen LogP contribution in [0.5, 0.6) is 0 Å². The van der Waals surface area contributed by atoms with Gasteiger partial charge in [0.2, 0.25) is 0 Å². The molecular formula is C29H27N5O3. The number of nitrogens with zero attached hydrogens (tertiary/aromatic N) is 4. The minimum absolute atomic E-state index is 0.125. The lowest BCUT2D eigenvalue weighted by Gasteiger charge is -2.36. The van der Waals surface area contributed by atoms with E-state index in [1.165, 1.54) is 6.20 Å². The summed E-state index contributed by atoms with van der Waals surface area (Å²) in [4.78, 5) is 30.1. The summed E-state index contributed by atoms with van der Waals surface area (Å²) in [5.74, 6) is 0.452. The summed E-state index contributed by atoms with van der Waals surface area (Å²) in [6, 6.07) is 22.5. The van der Waals surface area contributed by atoms with Gasteiger partial charge in [-0.2, -0.15) is 5.26 Å². The second kappa shape index (κ2) is 10.7. The number of morpholine rings is 1. The van der Waals surface area contributed by atoms with Gasteiger partial charge in [-0.25, -0.2) is 10.5 Å². The van der Waals surface area contributed by atoms with Gasteiger partial charge < -0.3 is 9.64 Å². The number of hydrogen-bond donors (Lipinski definition) is 1. The molecule has 0 spiro atoms. The Kier molecular flexibility index (Phi) is 7.08. The number of aromatic nitrogens is 2. The van der Waals surface area contributed by atoms with Crippen molar-refractivity contribution in [2.75, 3.05) is 18.0 Å². The van der Waals surface area contributed by atoms with Gasteiger partial charge in [0.15, 0.2) is 0 Å². The van der Waals surface area contributed by atoms with Crippen molar-refractivity contribution in [3.8, 4) is 6.07 Å². The molecule has 0 bridgehead atoms. The van der Waals surface area contributed by atoms with Crippen LogP contribution in [-0.4, -0.2) is 41.2 Å². The van der Waals surface area contributed by atoms with Crippen molar-refractivity contribution in [2.24, 2.45) is 0 Å². The van der Waals surface area contributed by atoms with Gasteiger partial charge in [-0.3, -0.25) is 14.6 Å². The van der Waals surface area contributed by atoms with Crippen LogP contribution >= 0.6 is 0 Å². The molecule has 4 aromatic rings. The largest absolute Gasteiger partial charge is 0.372 e. The van der Waals surface area contributed by atoms with Gasteiger partial charge in [0, 0.05) is 36.4 Å². The smallest absolute Gasteiger partial charge is 0.276 e. The fraction of sp³-hybridized carbons (Fsp3) is 0.241. The third kappa shape index (κ3) is 5.59. The second-order valence-corrected chi connectivity index (χ2v) is 9.19. The molecule has 1 amide bonds. The molecule has 1 aliphatic heterocycles. The highest BCUT2D eigenvalue weighted by molar-refractivity contribution is 5.96. The van der Waals surface area contributed by atoms with E-state index in [9.17, 15) is 10.1 Å². The molecule has 5 rings (SSSR count). The van der Waals surface area contributed by atoms with Crippen molar-refractivity contribution in [2.45, 2.75) is 32.2 Å². The first-order valence-corrected chi connectivity index (χ1v) is 12.2. The minimum atomic E-state index is -0.630. The highest BCUT2D eigenvalue weighted by atomic mass is 16.7. The van der Waals surface area contributed by atoms with Crippen molar-refractivity contribution in [1.29, 1.82) is 5.26 Å². The minimum Gasteiger partial charge on any atom is -0.372 e. The zero-order valence-electron chi connectivity index (χ0n) is 20.7. The third-order valence-electron chi connectivity index (χ3n) is 6.28. The van der Waals surface area contributed by atoms with E-state index in [2.05, 4.69) is 40.3 Å². The number of para-hydroxylation sites is 1. The zero-order chi connectivity index (χ0) is 25.8. The monoisotopic (exact) mass is 493 g/mol. The standard InChI is InChI=1S/C29H27N5O3/c1-19-17-34(18-20(2)36-19)27-12-11-24(15-32-27)28(22-9-7-21(14-30)8-10-22)37-33-29(35)25-13-23-5-3-4-6-26(23)31-16-25/h3-13,15-16,19-20,28H,17-18H2,1-2H3,(H,33,35)/t19-,20+,28?. The predicted molar refractivity (Wildman–Crippen MR) is 140 cm³/mol. The normalized spacial score (nSPS) is 18.2. The highest BCUT2D eigenvalue weighted by Crippen LogP contribution is 2.27. The molecule has 8 heteroatoms. The molecule has 3 atom stereocenters. The van der Waals surface area contributed by atoms with Gasteiger partial charge in [0.25, 0.3) is 5.91 Å². The molecule has 1 N–H and O–H groups in total. The number of carbonyl (C=O) groups is 1. The molecule has 0 radical (unpaired) electrons. The molecule has 1 unspecified atom stereocenters. The van der Waals surface area contributed by atoms with Gasteiger partial charge >= 0.3 is 0 Å². The van der Waals surface area contributed by atoms with E-state index in [-0.39, 0.29) is 12.2 Å². The van der Waals surface area contributed by atoms with E-state index in [4.69, 9.17) is 9.57 Å². The van der Waals surface area contributed by atoms with Crippen LogP contribution in [0.25, 0.3) is 10.9 Å². The van der Waals surface area contributed by atoms with Crippen LogP contribution in [0.3, 0.4) is 0 Å². The Morgan fingerprint density at radius 3 is 2.46 bits per heavy atom. The van der Waals surface area contributed by atoms with Crippen molar-refractivity contribution in [3.05, 3.63) is 101 Å². The molecule has 3 heterocycles. The number of rotatable bonds is 6. The number of nitriles is 1. The maximum Gasteiger partial charge on any atom is 0.276 e. The maximum atomic E-state index is 12.9. The molecule has 186 valence electrons. The Hall–Kier alpha value is -4.32. The summed E-state index contributed by atoms with van der Waals surface area (Å²) in [6.07, 6.45) is 2.90. The average Bonchev–Trinajstić information content (AvgIpc) is 2.93. The Morgan fingerprint density at radius 2 is 1.76 bits per heavy atom. The molecular weight excluding hydrogens is 466 g/mol. The highest BCUT2D eigenvalue weighted by Gasteiger charge is 2.24. The third-order valence-corrected chi connectivity index (χ3v) is 6.28. The molecule has 1 aliphatic rings. The van der Waals surface area contributed by atoms with Gasteiger partial charge in [-0.05, 0) is 49.7 Å². The maximum absolute atomic E-state index is 12.9. The first-order valence-electron chi connectivity index (χ1n) is 12.2. The van der Waals surface area contributed by atoms with Crippen molar-refractivity contribution >= 4 is 22.6 Å². The number of benzene rings is 2. The van der Waals surface area contributed by atoms with E-state index in [1.54, 1.807) is 24.4 Å². The van der Waals surface area contributed by atoms with E-state index >= 15 is 0 Å². The number of amides is 1. The van der Waals surface area contributed by atoms with E-state index in [1.807, 2.05) is 48.5 Å². The fourth-order valence-corrected chi connectivity index (χ4v) is 4.53. The summed E-state index contributed by atoms with van der Waals surface area (Å²) >= 11 is 0. The van der Waals surface area contributed by atoms with Crippen molar-refractivity contribution in [1.82, 2.24) is 15.4 Å². The van der Waals surface area contributed by atoms with Crippen molar-refractivity contribution < 1.29 is 14.4 Å². The van der Waals surface area contributed by atoms with Crippen molar-refractivity contribution in [3.63, 3.8) is 0 Å². The SMILES string of the molecule is C[C@@H]1CN(c2ccc(C(ONC(=O)c3cnc4ccccc4c3)c3ccc(C#N)cc3)cn2)C[C@H](C)O1. The molecule has 1 fully saturated rings. The lowest BCUT2D eigenvalue weighted by molar-refractivity contribution is -0.00550. The van der Waals surface area contributed by atoms with E-state index < -0.39 is 12.0 Å². The quantitative estimate of drug-likeness (QED) is 0.393. The number of nitrogens with one attached hydrogen (secondary N) is 1. The van der Waals surface area contributed by atoms with Gasteiger partial charge in [0.05, 0.1) is 34.9 Å². The van der Waals surface area contributed by atoms with Crippen LogP contribution in [0.15, 0.2) is 79.1 Å². The Balaban J connectivity index is 1.37. The van der Waals surface area contributed by atoms with Crippen LogP contribution in [0, 0.1) is 11.3 Å². The number of hydroxylamine groups is 1. The number of pyridine rings is 2. The first-order chi connectivity index (χ1) is 18.0. The number of hydrogen-bond acceptors (Lipinski definition) is 7. The van der Waals surface area contributed by atoms with Crippen LogP contribution in [-0.2, 0) is 9.57 Å². The average molecular weight is 494 g/mol. The topological polar surface area (TPSA) is 100 Å². The molecule has 2 aromatic heterocycles. The van der Waals surface area contributed by atoms with Gasteiger partial charge in [-0.15, -0.1) is 0 Å².